The largest absolute Gasteiger partial charge is 0.310 e. The predicted octanol–water partition coefficient (Wildman–Crippen LogP) is 2.83. The first-order chi connectivity index (χ1) is 7.22. The number of nitrogens with one attached hydrogen (secondary N) is 1. The molecule has 1 aromatic heterocycles. The van der Waals surface area contributed by atoms with E-state index >= 15 is 0 Å². The lowest BCUT2D eigenvalue weighted by atomic mass is 10.1. The van der Waals surface area contributed by atoms with E-state index in [4.69, 9.17) is 0 Å². The lowest BCUT2D eigenvalue weighted by Crippen LogP contribution is -2.25. The third-order valence-electron chi connectivity index (χ3n) is 2.43. The van der Waals surface area contributed by atoms with Gasteiger partial charge in [0.15, 0.2) is 0 Å². The normalized spacial score (nSPS) is 12.4. The van der Waals surface area contributed by atoms with Gasteiger partial charge in [-0.2, -0.15) is 0 Å². The molecule has 0 aliphatic heterocycles. The summed E-state index contributed by atoms with van der Waals surface area (Å²) in [5.74, 6) is 0. The van der Waals surface area contributed by atoms with Crippen LogP contribution < -0.4 is 5.32 Å². The Balaban J connectivity index is 2.30. The van der Waals surface area contributed by atoms with Crippen LogP contribution in [0.15, 0.2) is 31.0 Å². The van der Waals surface area contributed by atoms with E-state index in [9.17, 15) is 0 Å². The zero-order valence-electron chi connectivity index (χ0n) is 9.66. The fraction of sp³-hybridized carbons (Fsp3) is 0.462. The number of rotatable bonds is 6. The molecule has 0 aliphatic rings. The SMILES string of the molecule is C=CCCC(C)NCc1ccc(C)nc1. The van der Waals surface area contributed by atoms with E-state index in [-0.39, 0.29) is 0 Å². The van der Waals surface area contributed by atoms with Crippen LogP contribution >= 0.6 is 0 Å². The van der Waals surface area contributed by atoms with Gasteiger partial charge in [0.05, 0.1) is 0 Å². The summed E-state index contributed by atoms with van der Waals surface area (Å²) in [6.45, 7) is 8.82. The molecular formula is C13H20N2. The average molecular weight is 204 g/mol. The number of hydrogen-bond donors (Lipinski definition) is 1. The van der Waals surface area contributed by atoms with Crippen LogP contribution in [0.1, 0.15) is 31.0 Å². The summed E-state index contributed by atoms with van der Waals surface area (Å²) in [6.07, 6.45) is 6.11. The molecule has 1 aromatic rings. The van der Waals surface area contributed by atoms with Crippen molar-refractivity contribution in [1.82, 2.24) is 10.3 Å². The second-order valence-corrected chi connectivity index (χ2v) is 3.96. The van der Waals surface area contributed by atoms with Gasteiger partial charge in [-0.3, -0.25) is 4.98 Å². The molecule has 82 valence electrons. The maximum Gasteiger partial charge on any atom is 0.0372 e. The van der Waals surface area contributed by atoms with Crippen molar-refractivity contribution in [1.29, 1.82) is 0 Å². The molecule has 0 spiro atoms. The molecule has 0 aromatic carbocycles. The second-order valence-electron chi connectivity index (χ2n) is 3.96. The number of pyridine rings is 1. The summed E-state index contributed by atoms with van der Waals surface area (Å²) in [4.78, 5) is 4.26. The maximum absolute atomic E-state index is 4.26. The van der Waals surface area contributed by atoms with Gasteiger partial charge in [0.2, 0.25) is 0 Å². The molecule has 1 rings (SSSR count). The van der Waals surface area contributed by atoms with E-state index in [1.165, 1.54) is 5.56 Å². The minimum absolute atomic E-state index is 0.532. The van der Waals surface area contributed by atoms with Crippen molar-refractivity contribution in [3.05, 3.63) is 42.2 Å². The van der Waals surface area contributed by atoms with Gasteiger partial charge in [-0.25, -0.2) is 0 Å². The topological polar surface area (TPSA) is 24.9 Å². The Morgan fingerprint density at radius 1 is 1.53 bits per heavy atom. The zero-order chi connectivity index (χ0) is 11.1. The van der Waals surface area contributed by atoms with Gasteiger partial charge in [-0.1, -0.05) is 12.1 Å². The van der Waals surface area contributed by atoms with Crippen LogP contribution in [0, 0.1) is 6.92 Å². The Morgan fingerprint density at radius 3 is 2.93 bits per heavy atom. The third-order valence-corrected chi connectivity index (χ3v) is 2.43. The fourth-order valence-electron chi connectivity index (χ4n) is 1.36. The van der Waals surface area contributed by atoms with E-state index in [1.54, 1.807) is 0 Å². The number of aromatic nitrogens is 1. The lowest BCUT2D eigenvalue weighted by Gasteiger charge is -2.12. The van der Waals surface area contributed by atoms with Gasteiger partial charge in [-0.05, 0) is 38.3 Å². The monoisotopic (exact) mass is 204 g/mol. The molecule has 15 heavy (non-hydrogen) atoms. The standard InChI is InChI=1S/C13H20N2/c1-4-5-6-11(2)14-9-13-8-7-12(3)15-10-13/h4,7-8,10-11,14H,1,5-6,9H2,2-3H3. The summed E-state index contributed by atoms with van der Waals surface area (Å²) in [5.41, 5.74) is 2.31. The van der Waals surface area contributed by atoms with Gasteiger partial charge < -0.3 is 5.32 Å². The molecule has 0 aliphatic carbocycles. The molecule has 0 bridgehead atoms. The Kier molecular flexibility index (Phi) is 5.05. The Morgan fingerprint density at radius 2 is 2.33 bits per heavy atom. The highest BCUT2D eigenvalue weighted by molar-refractivity contribution is 5.12. The predicted molar refractivity (Wildman–Crippen MR) is 64.7 cm³/mol. The van der Waals surface area contributed by atoms with Gasteiger partial charge in [0.1, 0.15) is 0 Å². The maximum atomic E-state index is 4.26. The van der Waals surface area contributed by atoms with Gasteiger partial charge >= 0.3 is 0 Å². The molecule has 0 saturated heterocycles. The number of hydrogen-bond acceptors (Lipinski definition) is 2. The van der Waals surface area contributed by atoms with Crippen molar-refractivity contribution >= 4 is 0 Å². The molecule has 0 amide bonds. The molecule has 2 heteroatoms. The number of aryl methyl sites for hydroxylation is 1. The smallest absolute Gasteiger partial charge is 0.0372 e. The third kappa shape index (κ3) is 4.75. The number of nitrogens with zero attached hydrogens (tertiary/aromatic N) is 1. The Hall–Kier alpha value is -1.15. The minimum atomic E-state index is 0.532. The van der Waals surface area contributed by atoms with Crippen molar-refractivity contribution in [2.24, 2.45) is 0 Å². The van der Waals surface area contributed by atoms with Crippen molar-refractivity contribution < 1.29 is 0 Å². The first kappa shape index (κ1) is 11.9. The zero-order valence-corrected chi connectivity index (χ0v) is 9.66. The fourth-order valence-corrected chi connectivity index (χ4v) is 1.36. The van der Waals surface area contributed by atoms with Crippen LogP contribution in [0.3, 0.4) is 0 Å². The summed E-state index contributed by atoms with van der Waals surface area (Å²) in [7, 11) is 0. The average Bonchev–Trinajstić information content (AvgIpc) is 2.25. The van der Waals surface area contributed by atoms with Crippen molar-refractivity contribution in [2.75, 3.05) is 0 Å². The van der Waals surface area contributed by atoms with Crippen LogP contribution in [-0.4, -0.2) is 11.0 Å². The molecule has 1 N–H and O–H groups in total. The summed E-state index contributed by atoms with van der Waals surface area (Å²) < 4.78 is 0. The lowest BCUT2D eigenvalue weighted by molar-refractivity contribution is 0.517. The summed E-state index contributed by atoms with van der Waals surface area (Å²) in [6, 6.07) is 4.70. The van der Waals surface area contributed by atoms with Crippen LogP contribution in [-0.2, 0) is 6.54 Å². The Bertz CT molecular complexity index is 290. The highest BCUT2D eigenvalue weighted by atomic mass is 14.9. The van der Waals surface area contributed by atoms with Crippen LogP contribution in [0.25, 0.3) is 0 Å². The summed E-state index contributed by atoms with van der Waals surface area (Å²) >= 11 is 0. The molecule has 2 nitrogen and oxygen atoms in total. The van der Waals surface area contributed by atoms with Gasteiger partial charge in [0.25, 0.3) is 0 Å². The first-order valence-electron chi connectivity index (χ1n) is 5.48. The van der Waals surface area contributed by atoms with Crippen molar-refractivity contribution in [3.8, 4) is 0 Å². The van der Waals surface area contributed by atoms with Crippen molar-refractivity contribution in [3.63, 3.8) is 0 Å². The summed E-state index contributed by atoms with van der Waals surface area (Å²) in [5, 5.41) is 3.47. The van der Waals surface area contributed by atoms with Crippen LogP contribution in [0.5, 0.6) is 0 Å². The van der Waals surface area contributed by atoms with Gasteiger partial charge in [-0.15, -0.1) is 6.58 Å². The van der Waals surface area contributed by atoms with E-state index in [0.29, 0.717) is 6.04 Å². The molecule has 0 fully saturated rings. The van der Waals surface area contributed by atoms with Crippen LogP contribution in [0.2, 0.25) is 0 Å². The van der Waals surface area contributed by atoms with Crippen molar-refractivity contribution in [2.45, 2.75) is 39.3 Å². The van der Waals surface area contributed by atoms with Gasteiger partial charge in [0, 0.05) is 24.5 Å². The highest BCUT2D eigenvalue weighted by Gasteiger charge is 2.00. The minimum Gasteiger partial charge on any atom is -0.310 e. The second kappa shape index (κ2) is 6.36. The van der Waals surface area contributed by atoms with Crippen LogP contribution in [0.4, 0.5) is 0 Å². The van der Waals surface area contributed by atoms with E-state index in [1.807, 2.05) is 25.3 Å². The molecular weight excluding hydrogens is 184 g/mol. The first-order valence-corrected chi connectivity index (χ1v) is 5.48. The molecule has 0 saturated carbocycles. The van der Waals surface area contributed by atoms with E-state index in [0.717, 1.165) is 25.1 Å². The van der Waals surface area contributed by atoms with E-state index < -0.39 is 0 Å². The molecule has 1 heterocycles. The molecule has 1 atom stereocenters. The quantitative estimate of drug-likeness (QED) is 0.721. The Labute approximate surface area is 92.4 Å². The molecule has 0 radical (unpaired) electrons. The highest BCUT2D eigenvalue weighted by Crippen LogP contribution is 2.01. The number of allylic oxidation sites excluding steroid dienone is 1. The molecule has 1 unspecified atom stereocenters. The van der Waals surface area contributed by atoms with E-state index in [2.05, 4.69) is 29.9 Å².